The molecule has 0 fully saturated rings. The number of isocyanates is 1. The Labute approximate surface area is 70.4 Å². The predicted molar refractivity (Wildman–Crippen MR) is 44.5 cm³/mol. The molecule has 0 saturated carbocycles. The molecule has 0 bridgehead atoms. The molecule has 1 heterocycles. The Hall–Kier alpha value is -1.60. The standard InChI is InChI=1S/C9H9NO2/c1-8(6-10-7-11)5-9-3-2-4-12-9/h2-4H,1,5-6H2. The number of hydrogen-bond acceptors (Lipinski definition) is 3. The lowest BCUT2D eigenvalue weighted by molar-refractivity contribution is 0.518. The zero-order chi connectivity index (χ0) is 8.81. The highest BCUT2D eigenvalue weighted by Gasteiger charge is 1.98. The quantitative estimate of drug-likeness (QED) is 0.385. The first kappa shape index (κ1) is 8.50. The molecule has 12 heavy (non-hydrogen) atoms. The van der Waals surface area contributed by atoms with Crippen molar-refractivity contribution in [1.82, 2.24) is 0 Å². The number of nitrogens with zero attached hydrogens (tertiary/aromatic N) is 1. The molecule has 0 amide bonds. The molecule has 0 aliphatic rings. The maximum atomic E-state index is 9.76. The van der Waals surface area contributed by atoms with Crippen molar-refractivity contribution in [2.45, 2.75) is 6.42 Å². The molecule has 0 N–H and O–H groups in total. The second-order valence-electron chi connectivity index (χ2n) is 2.41. The van der Waals surface area contributed by atoms with Gasteiger partial charge in [-0.2, -0.15) is 0 Å². The molecule has 1 rings (SSSR count). The van der Waals surface area contributed by atoms with Crippen molar-refractivity contribution in [1.29, 1.82) is 0 Å². The minimum absolute atomic E-state index is 0.324. The second kappa shape index (κ2) is 4.31. The first-order chi connectivity index (χ1) is 5.83. The Morgan fingerprint density at radius 3 is 3.17 bits per heavy atom. The highest BCUT2D eigenvalue weighted by atomic mass is 16.3. The highest BCUT2D eigenvalue weighted by molar-refractivity contribution is 5.34. The van der Waals surface area contributed by atoms with Gasteiger partial charge in [-0.3, -0.25) is 0 Å². The maximum Gasteiger partial charge on any atom is 0.235 e. The van der Waals surface area contributed by atoms with Crippen molar-refractivity contribution in [2.75, 3.05) is 6.54 Å². The fraction of sp³-hybridized carbons (Fsp3) is 0.222. The van der Waals surface area contributed by atoms with Gasteiger partial charge in [0.05, 0.1) is 12.8 Å². The monoisotopic (exact) mass is 163 g/mol. The van der Waals surface area contributed by atoms with E-state index in [9.17, 15) is 4.79 Å². The van der Waals surface area contributed by atoms with Crippen molar-refractivity contribution in [3.05, 3.63) is 36.3 Å². The van der Waals surface area contributed by atoms with Gasteiger partial charge in [-0.1, -0.05) is 6.58 Å². The summed E-state index contributed by atoms with van der Waals surface area (Å²) in [6.45, 7) is 4.06. The first-order valence-electron chi connectivity index (χ1n) is 3.55. The molecule has 0 spiro atoms. The average molecular weight is 163 g/mol. The molecule has 0 saturated heterocycles. The van der Waals surface area contributed by atoms with Gasteiger partial charge in [0.2, 0.25) is 6.08 Å². The molecule has 0 radical (unpaired) electrons. The molecular weight excluding hydrogens is 154 g/mol. The van der Waals surface area contributed by atoms with Gasteiger partial charge in [-0.25, -0.2) is 9.79 Å². The smallest absolute Gasteiger partial charge is 0.235 e. The van der Waals surface area contributed by atoms with Gasteiger partial charge < -0.3 is 4.42 Å². The molecule has 0 atom stereocenters. The lowest BCUT2D eigenvalue weighted by atomic mass is 10.2. The van der Waals surface area contributed by atoms with Gasteiger partial charge in [-0.15, -0.1) is 0 Å². The molecule has 1 aromatic heterocycles. The Bertz CT molecular complexity index is 294. The van der Waals surface area contributed by atoms with E-state index < -0.39 is 0 Å². The summed E-state index contributed by atoms with van der Waals surface area (Å²) in [6, 6.07) is 3.67. The highest BCUT2D eigenvalue weighted by Crippen LogP contribution is 2.06. The van der Waals surface area contributed by atoms with Crippen LogP contribution in [0.2, 0.25) is 0 Å². The summed E-state index contributed by atoms with van der Waals surface area (Å²) < 4.78 is 5.08. The predicted octanol–water partition coefficient (Wildman–Crippen LogP) is 1.71. The van der Waals surface area contributed by atoms with E-state index in [1.807, 2.05) is 12.1 Å². The molecule has 0 unspecified atom stereocenters. The average Bonchev–Trinajstić information content (AvgIpc) is 2.53. The number of hydrogen-bond donors (Lipinski definition) is 0. The van der Waals surface area contributed by atoms with E-state index in [2.05, 4.69) is 11.6 Å². The number of aliphatic imine (C=N–C) groups is 1. The second-order valence-corrected chi connectivity index (χ2v) is 2.41. The van der Waals surface area contributed by atoms with Crippen LogP contribution in [0.1, 0.15) is 5.76 Å². The van der Waals surface area contributed by atoms with Crippen LogP contribution in [0.15, 0.2) is 40.0 Å². The van der Waals surface area contributed by atoms with Crippen molar-refractivity contribution in [3.8, 4) is 0 Å². The summed E-state index contributed by atoms with van der Waals surface area (Å²) in [5, 5.41) is 0. The van der Waals surface area contributed by atoms with Crippen LogP contribution in [0.4, 0.5) is 0 Å². The Kier molecular flexibility index (Phi) is 3.05. The minimum atomic E-state index is 0.324. The zero-order valence-electron chi connectivity index (χ0n) is 6.62. The van der Waals surface area contributed by atoms with Gasteiger partial charge in [0.1, 0.15) is 5.76 Å². The fourth-order valence-corrected chi connectivity index (χ4v) is 0.860. The van der Waals surface area contributed by atoms with Crippen LogP contribution >= 0.6 is 0 Å². The van der Waals surface area contributed by atoms with Crippen molar-refractivity contribution in [3.63, 3.8) is 0 Å². The van der Waals surface area contributed by atoms with Crippen molar-refractivity contribution in [2.24, 2.45) is 4.99 Å². The summed E-state index contributed by atoms with van der Waals surface area (Å²) in [4.78, 5) is 13.2. The molecule has 3 nitrogen and oxygen atoms in total. The summed E-state index contributed by atoms with van der Waals surface area (Å²) in [5.41, 5.74) is 0.841. The van der Waals surface area contributed by atoms with Crippen LogP contribution in [0.5, 0.6) is 0 Å². The van der Waals surface area contributed by atoms with Crippen LogP contribution in [0.25, 0.3) is 0 Å². The third-order valence-electron chi connectivity index (χ3n) is 1.37. The largest absolute Gasteiger partial charge is 0.469 e. The van der Waals surface area contributed by atoms with Crippen molar-refractivity contribution >= 4 is 6.08 Å². The first-order valence-corrected chi connectivity index (χ1v) is 3.55. The van der Waals surface area contributed by atoms with E-state index in [1.54, 1.807) is 6.26 Å². The third-order valence-corrected chi connectivity index (χ3v) is 1.37. The molecule has 0 aliphatic carbocycles. The maximum absolute atomic E-state index is 9.76. The van der Waals surface area contributed by atoms with Crippen LogP contribution in [-0.4, -0.2) is 12.6 Å². The van der Waals surface area contributed by atoms with Crippen molar-refractivity contribution < 1.29 is 9.21 Å². The SMILES string of the molecule is C=C(CN=C=O)Cc1ccco1. The van der Waals surface area contributed by atoms with E-state index in [0.29, 0.717) is 13.0 Å². The van der Waals surface area contributed by atoms with Crippen LogP contribution in [-0.2, 0) is 11.2 Å². The molecule has 62 valence electrons. The minimum Gasteiger partial charge on any atom is -0.469 e. The van der Waals surface area contributed by atoms with Gasteiger partial charge in [0.25, 0.3) is 0 Å². The summed E-state index contributed by atoms with van der Waals surface area (Å²) in [6.07, 6.45) is 3.69. The topological polar surface area (TPSA) is 42.6 Å². The van der Waals surface area contributed by atoms with Gasteiger partial charge in [0, 0.05) is 6.42 Å². The molecule has 3 heteroatoms. The Balaban J connectivity index is 2.42. The molecule has 0 aliphatic heterocycles. The lowest BCUT2D eigenvalue weighted by Gasteiger charge is -1.96. The molecule has 0 aromatic carbocycles. The van der Waals surface area contributed by atoms with E-state index in [0.717, 1.165) is 11.3 Å². The molecular formula is C9H9NO2. The lowest BCUT2D eigenvalue weighted by Crippen LogP contribution is -1.90. The van der Waals surface area contributed by atoms with Crippen LogP contribution in [0.3, 0.4) is 0 Å². The normalized spacial score (nSPS) is 9.00. The number of rotatable bonds is 4. The van der Waals surface area contributed by atoms with E-state index in [4.69, 9.17) is 4.42 Å². The summed E-state index contributed by atoms with van der Waals surface area (Å²) >= 11 is 0. The van der Waals surface area contributed by atoms with E-state index in [-0.39, 0.29) is 0 Å². The fourth-order valence-electron chi connectivity index (χ4n) is 0.860. The number of carbonyl (C=O) groups excluding carboxylic acids is 1. The van der Waals surface area contributed by atoms with Gasteiger partial charge >= 0.3 is 0 Å². The zero-order valence-corrected chi connectivity index (χ0v) is 6.62. The summed E-state index contributed by atoms with van der Waals surface area (Å²) in [7, 11) is 0. The van der Waals surface area contributed by atoms with E-state index >= 15 is 0 Å². The third kappa shape index (κ3) is 2.56. The van der Waals surface area contributed by atoms with Gasteiger partial charge in [0.15, 0.2) is 0 Å². The van der Waals surface area contributed by atoms with Crippen LogP contribution < -0.4 is 0 Å². The van der Waals surface area contributed by atoms with E-state index in [1.165, 1.54) is 6.08 Å². The summed E-state index contributed by atoms with van der Waals surface area (Å²) in [5.74, 6) is 0.834. The Morgan fingerprint density at radius 2 is 2.58 bits per heavy atom. The number of furan rings is 1. The molecule has 1 aromatic rings. The van der Waals surface area contributed by atoms with Crippen LogP contribution in [0, 0.1) is 0 Å². The van der Waals surface area contributed by atoms with Gasteiger partial charge in [-0.05, 0) is 17.7 Å². The Morgan fingerprint density at radius 1 is 1.75 bits per heavy atom.